The lowest BCUT2D eigenvalue weighted by molar-refractivity contribution is -0.122. The van der Waals surface area contributed by atoms with Crippen LogP contribution in [0, 0.1) is 12.8 Å². The van der Waals surface area contributed by atoms with Crippen LogP contribution in [-0.4, -0.2) is 52.5 Å². The highest BCUT2D eigenvalue weighted by Crippen LogP contribution is 2.29. The topological polar surface area (TPSA) is 140 Å². The first-order valence-corrected chi connectivity index (χ1v) is 11.7. The number of aromatic nitrogens is 3. The number of aryl methyl sites for hydroxylation is 1. The van der Waals surface area contributed by atoms with E-state index in [1.165, 1.54) is 11.8 Å². The van der Waals surface area contributed by atoms with Crippen molar-refractivity contribution < 1.29 is 23.6 Å². The van der Waals surface area contributed by atoms with E-state index in [2.05, 4.69) is 26.0 Å². The Kier molecular flexibility index (Phi) is 6.89. The molecule has 1 aliphatic heterocycles. The minimum atomic E-state index is -0.503. The normalized spacial score (nSPS) is 15.5. The molecule has 33 heavy (non-hydrogen) atoms. The summed E-state index contributed by atoms with van der Waals surface area (Å²) >= 11 is 2.34. The minimum absolute atomic E-state index is 0.0996. The van der Waals surface area contributed by atoms with Crippen LogP contribution in [0.5, 0.6) is 5.75 Å². The molecule has 172 valence electrons. The number of benzene rings is 1. The summed E-state index contributed by atoms with van der Waals surface area (Å²) in [6, 6.07) is 8.72. The van der Waals surface area contributed by atoms with Crippen molar-refractivity contribution in [2.75, 3.05) is 34.9 Å². The number of thioether (sulfide) groups is 1. The lowest BCUT2D eigenvalue weighted by Gasteiger charge is -2.16. The minimum Gasteiger partial charge on any atom is -0.497 e. The molecule has 2 aromatic heterocycles. The Labute approximate surface area is 196 Å². The number of methoxy groups -OCH3 is 1. The molecule has 2 N–H and O–H groups in total. The van der Waals surface area contributed by atoms with Gasteiger partial charge in [-0.05, 0) is 31.2 Å². The highest BCUT2D eigenvalue weighted by Gasteiger charge is 2.35. The molecule has 0 unspecified atom stereocenters. The van der Waals surface area contributed by atoms with E-state index >= 15 is 0 Å². The molecule has 0 spiro atoms. The fourth-order valence-corrected chi connectivity index (χ4v) is 4.71. The molecule has 13 heteroatoms. The van der Waals surface area contributed by atoms with Gasteiger partial charge in [-0.15, -0.1) is 10.2 Å². The van der Waals surface area contributed by atoms with E-state index in [1.807, 2.05) is 0 Å². The van der Waals surface area contributed by atoms with E-state index in [0.717, 1.165) is 11.3 Å². The molecular weight excluding hydrogens is 468 g/mol. The zero-order valence-electron chi connectivity index (χ0n) is 17.7. The summed E-state index contributed by atoms with van der Waals surface area (Å²) < 4.78 is 10.6. The zero-order chi connectivity index (χ0) is 23.4. The first-order valence-electron chi connectivity index (χ1n) is 9.86. The SMILES string of the molecule is COc1ccc(N2C[C@H](C(=O)Nc3nnc(SCC(=O)Nc4cc(C)on4)s3)CC2=O)cc1. The Morgan fingerprint density at radius 1 is 1.27 bits per heavy atom. The highest BCUT2D eigenvalue weighted by atomic mass is 32.2. The highest BCUT2D eigenvalue weighted by molar-refractivity contribution is 8.01. The molecule has 3 heterocycles. The molecule has 1 aliphatic rings. The third-order valence-corrected chi connectivity index (χ3v) is 6.71. The number of amides is 3. The molecule has 1 aromatic carbocycles. The molecule has 4 rings (SSSR count). The summed E-state index contributed by atoms with van der Waals surface area (Å²) in [4.78, 5) is 38.7. The molecule has 1 fully saturated rings. The summed E-state index contributed by atoms with van der Waals surface area (Å²) in [6.07, 6.45) is 0.111. The second-order valence-electron chi connectivity index (χ2n) is 7.13. The van der Waals surface area contributed by atoms with Crippen molar-refractivity contribution in [3.05, 3.63) is 36.1 Å². The Morgan fingerprint density at radius 2 is 2.06 bits per heavy atom. The summed E-state index contributed by atoms with van der Waals surface area (Å²) in [5.41, 5.74) is 0.713. The number of carbonyl (C=O) groups is 3. The van der Waals surface area contributed by atoms with Gasteiger partial charge in [-0.2, -0.15) is 0 Å². The first-order chi connectivity index (χ1) is 15.9. The maximum atomic E-state index is 12.7. The van der Waals surface area contributed by atoms with Crippen molar-refractivity contribution in [2.24, 2.45) is 5.92 Å². The number of hydrogen-bond donors (Lipinski definition) is 2. The molecular formula is C20H20N6O5S2. The largest absolute Gasteiger partial charge is 0.497 e. The smallest absolute Gasteiger partial charge is 0.236 e. The van der Waals surface area contributed by atoms with Gasteiger partial charge in [-0.25, -0.2) is 0 Å². The predicted octanol–water partition coefficient (Wildman–Crippen LogP) is 2.57. The Balaban J connectivity index is 1.27. The number of nitrogens with one attached hydrogen (secondary N) is 2. The number of ether oxygens (including phenoxy) is 1. The van der Waals surface area contributed by atoms with Gasteiger partial charge in [0.2, 0.25) is 22.9 Å². The van der Waals surface area contributed by atoms with Crippen LogP contribution in [0.1, 0.15) is 12.2 Å². The fraction of sp³-hybridized carbons (Fsp3) is 0.300. The van der Waals surface area contributed by atoms with Gasteiger partial charge in [0.1, 0.15) is 11.5 Å². The Morgan fingerprint density at radius 3 is 2.76 bits per heavy atom. The van der Waals surface area contributed by atoms with E-state index in [4.69, 9.17) is 9.26 Å². The third kappa shape index (κ3) is 5.68. The zero-order valence-corrected chi connectivity index (χ0v) is 19.4. The molecule has 3 aromatic rings. The monoisotopic (exact) mass is 488 g/mol. The van der Waals surface area contributed by atoms with Crippen LogP contribution in [-0.2, 0) is 14.4 Å². The average molecular weight is 489 g/mol. The van der Waals surface area contributed by atoms with Crippen molar-refractivity contribution in [1.29, 1.82) is 0 Å². The van der Waals surface area contributed by atoms with Gasteiger partial charge >= 0.3 is 0 Å². The standard InChI is InChI=1S/C20H20N6O5S2/c1-11-7-15(25-31-11)21-16(27)10-32-20-24-23-19(33-20)22-18(29)12-8-17(28)26(9-12)13-3-5-14(30-2)6-4-13/h3-7,12H,8-10H2,1-2H3,(H,21,25,27)(H,22,23,29)/t12-/m1/s1. The van der Waals surface area contributed by atoms with Crippen molar-refractivity contribution in [3.63, 3.8) is 0 Å². The summed E-state index contributed by atoms with van der Waals surface area (Å²) in [6.45, 7) is 2.01. The van der Waals surface area contributed by atoms with E-state index < -0.39 is 5.92 Å². The first kappa shape index (κ1) is 22.7. The molecule has 0 saturated carbocycles. The molecule has 1 atom stereocenters. The van der Waals surface area contributed by atoms with Gasteiger partial charge < -0.3 is 24.8 Å². The van der Waals surface area contributed by atoms with E-state index in [-0.39, 0.29) is 36.4 Å². The number of anilines is 3. The second-order valence-corrected chi connectivity index (χ2v) is 9.33. The van der Waals surface area contributed by atoms with Crippen LogP contribution in [0.3, 0.4) is 0 Å². The van der Waals surface area contributed by atoms with Crippen LogP contribution >= 0.6 is 23.1 Å². The van der Waals surface area contributed by atoms with Crippen molar-refractivity contribution in [3.8, 4) is 5.75 Å². The van der Waals surface area contributed by atoms with E-state index in [0.29, 0.717) is 32.5 Å². The van der Waals surface area contributed by atoms with Gasteiger partial charge in [0, 0.05) is 24.7 Å². The van der Waals surface area contributed by atoms with Crippen LogP contribution in [0.2, 0.25) is 0 Å². The maximum absolute atomic E-state index is 12.7. The summed E-state index contributed by atoms with van der Waals surface area (Å²) in [5, 5.41) is 17.3. The molecule has 11 nitrogen and oxygen atoms in total. The van der Waals surface area contributed by atoms with Crippen molar-refractivity contribution in [2.45, 2.75) is 17.7 Å². The molecule has 0 aliphatic carbocycles. The quantitative estimate of drug-likeness (QED) is 0.362. The number of carbonyl (C=O) groups excluding carboxylic acids is 3. The number of hydrogen-bond acceptors (Lipinski definition) is 10. The van der Waals surface area contributed by atoms with Crippen LogP contribution in [0.4, 0.5) is 16.6 Å². The van der Waals surface area contributed by atoms with Gasteiger partial charge in [-0.3, -0.25) is 14.4 Å². The maximum Gasteiger partial charge on any atom is 0.236 e. The van der Waals surface area contributed by atoms with Crippen LogP contribution in [0.15, 0.2) is 39.2 Å². The summed E-state index contributed by atoms with van der Waals surface area (Å²) in [5.74, 6) is 0.538. The van der Waals surface area contributed by atoms with Gasteiger partial charge in [0.25, 0.3) is 0 Å². The Bertz CT molecular complexity index is 1160. The van der Waals surface area contributed by atoms with Crippen LogP contribution < -0.4 is 20.3 Å². The van der Waals surface area contributed by atoms with E-state index in [1.54, 1.807) is 49.3 Å². The lowest BCUT2D eigenvalue weighted by Crippen LogP contribution is -2.28. The van der Waals surface area contributed by atoms with Gasteiger partial charge in [0.05, 0.1) is 18.8 Å². The summed E-state index contributed by atoms with van der Waals surface area (Å²) in [7, 11) is 1.57. The molecule has 1 saturated heterocycles. The predicted molar refractivity (Wildman–Crippen MR) is 123 cm³/mol. The lowest BCUT2D eigenvalue weighted by atomic mass is 10.1. The average Bonchev–Trinajstić information content (AvgIpc) is 3.53. The fourth-order valence-electron chi connectivity index (χ4n) is 3.15. The number of nitrogens with zero attached hydrogens (tertiary/aromatic N) is 4. The second kappa shape index (κ2) is 10.0. The van der Waals surface area contributed by atoms with Gasteiger partial charge in [0.15, 0.2) is 10.2 Å². The molecule has 3 amide bonds. The van der Waals surface area contributed by atoms with Crippen LogP contribution in [0.25, 0.3) is 0 Å². The number of rotatable bonds is 8. The van der Waals surface area contributed by atoms with E-state index in [9.17, 15) is 14.4 Å². The van der Waals surface area contributed by atoms with Gasteiger partial charge in [-0.1, -0.05) is 28.3 Å². The Hall–Kier alpha value is -3.45. The third-order valence-electron chi connectivity index (χ3n) is 4.74. The molecule has 0 radical (unpaired) electrons. The van der Waals surface area contributed by atoms with Crippen molar-refractivity contribution >= 4 is 57.5 Å². The van der Waals surface area contributed by atoms with Crippen molar-refractivity contribution in [1.82, 2.24) is 15.4 Å². The molecule has 0 bridgehead atoms.